The lowest BCUT2D eigenvalue weighted by Gasteiger charge is -2.65. The number of aromatic hydroxyl groups is 1. The Balaban J connectivity index is 0.775. The van der Waals surface area contributed by atoms with Crippen LogP contribution in [0.1, 0.15) is 83.6 Å². The van der Waals surface area contributed by atoms with Gasteiger partial charge in [0.2, 0.25) is 5.75 Å². The first-order valence-electron chi connectivity index (χ1n) is 25.8. The lowest BCUT2D eigenvalue weighted by atomic mass is 9.41. The Hall–Kier alpha value is -3.89. The van der Waals surface area contributed by atoms with Gasteiger partial charge in [-0.2, -0.15) is 0 Å². The largest absolute Gasteiger partial charge is 0.502 e. The van der Waals surface area contributed by atoms with Gasteiger partial charge in [0.05, 0.1) is 55.8 Å². The van der Waals surface area contributed by atoms with Crippen molar-refractivity contribution in [3.63, 3.8) is 0 Å². The molecule has 0 unspecified atom stereocenters. The molecule has 7 fully saturated rings. The van der Waals surface area contributed by atoms with Crippen molar-refractivity contribution in [3.8, 4) is 17.2 Å². The van der Waals surface area contributed by atoms with Gasteiger partial charge < -0.3 is 103 Å². The first kappa shape index (κ1) is 55.9. The number of phenols is 1. The number of carbonyl (C=O) groups is 3. The van der Waals surface area contributed by atoms with Crippen LogP contribution in [-0.4, -0.2) is 207 Å². The predicted octanol–water partition coefficient (Wildman–Crippen LogP) is -0.585. The first-order valence-corrected chi connectivity index (χ1v) is 25.8. The molecular formula is C52H72O23. The van der Waals surface area contributed by atoms with Gasteiger partial charge in [0, 0.05) is 30.4 Å². The SMILES string of the molecule is COc1cc(C=CC(=O)OC[C@@H]2O[C@H](O[C@H]3[C@@H](O)[C@H](O)[C@@H](O[C@@H]4[C@H](O)C[C@H](O[C@H]5CC[C@@]6(C=O)[C@H]7CC[C@]8(C)[C@@H](C9=CC(=O)OC9)CC[C@]8(O)[C@H]7CC[C@@]6(O)C5)O[C@@H]4C)O[C@H]3CO)[C@@H](O)[C@@H](O)[C@H]2O)cc(OC)c1O. The first-order chi connectivity index (χ1) is 35.6. The van der Waals surface area contributed by atoms with Gasteiger partial charge in [0.15, 0.2) is 30.4 Å². The molecule has 10 N–H and O–H groups in total. The molecule has 4 heterocycles. The molecule has 22 atom stereocenters. The summed E-state index contributed by atoms with van der Waals surface area (Å²) in [5.41, 5.74) is -2.87. The van der Waals surface area contributed by atoms with Crippen molar-refractivity contribution in [1.29, 1.82) is 0 Å². The maximum absolute atomic E-state index is 13.4. The van der Waals surface area contributed by atoms with E-state index >= 15 is 0 Å². The zero-order chi connectivity index (χ0) is 53.9. The number of ether oxygens (including phenoxy) is 10. The topological polar surface area (TPSA) is 346 Å². The molecule has 0 spiro atoms. The van der Waals surface area contributed by atoms with Crippen LogP contribution in [-0.2, 0) is 52.3 Å². The van der Waals surface area contributed by atoms with Crippen LogP contribution in [0, 0.1) is 28.6 Å². The highest BCUT2D eigenvalue weighted by molar-refractivity contribution is 5.87. The number of aliphatic hydroxyl groups excluding tert-OH is 7. The van der Waals surface area contributed by atoms with E-state index in [9.17, 15) is 65.4 Å². The zero-order valence-electron chi connectivity index (χ0n) is 42.3. The van der Waals surface area contributed by atoms with Crippen molar-refractivity contribution in [3.05, 3.63) is 35.4 Å². The second-order valence-electron chi connectivity index (χ2n) is 22.0. The van der Waals surface area contributed by atoms with Gasteiger partial charge >= 0.3 is 11.9 Å². The quantitative estimate of drug-likeness (QED) is 0.0454. The van der Waals surface area contributed by atoms with Gasteiger partial charge in [0.1, 0.15) is 74.4 Å². The van der Waals surface area contributed by atoms with Crippen LogP contribution < -0.4 is 9.47 Å². The summed E-state index contributed by atoms with van der Waals surface area (Å²) < 4.78 is 56.6. The Morgan fingerprint density at radius 1 is 0.800 bits per heavy atom. The summed E-state index contributed by atoms with van der Waals surface area (Å²) in [7, 11) is 2.66. The predicted molar refractivity (Wildman–Crippen MR) is 253 cm³/mol. The van der Waals surface area contributed by atoms with Crippen molar-refractivity contribution in [2.24, 2.45) is 28.6 Å². The molecule has 1 aromatic rings. The summed E-state index contributed by atoms with van der Waals surface area (Å²) in [5, 5.41) is 112. The molecule has 0 radical (unpaired) electrons. The molecule has 23 nitrogen and oxygen atoms in total. The minimum atomic E-state index is -1.94. The smallest absolute Gasteiger partial charge is 0.331 e. The maximum atomic E-state index is 13.4. The highest BCUT2D eigenvalue weighted by atomic mass is 16.8. The van der Waals surface area contributed by atoms with Crippen molar-refractivity contribution in [2.45, 2.75) is 181 Å². The number of carbonyl (C=O) groups excluding carboxylic acids is 3. The number of methoxy groups -OCH3 is 2. The summed E-state index contributed by atoms with van der Waals surface area (Å²) in [6, 6.07) is 2.86. The normalized spacial score (nSPS) is 45.7. The van der Waals surface area contributed by atoms with Crippen LogP contribution in [0.25, 0.3) is 6.08 Å². The summed E-state index contributed by atoms with van der Waals surface area (Å²) >= 11 is 0. The Bertz CT molecular complexity index is 2270. The number of fused-ring (bicyclic) bond motifs is 5. The molecule has 0 aromatic heterocycles. The monoisotopic (exact) mass is 1060 g/mol. The van der Waals surface area contributed by atoms with Gasteiger partial charge in [-0.25, -0.2) is 9.59 Å². The summed E-state index contributed by atoms with van der Waals surface area (Å²) in [6.07, 6.45) is -13.6. The van der Waals surface area contributed by atoms with E-state index in [0.29, 0.717) is 50.5 Å². The number of benzene rings is 1. The summed E-state index contributed by atoms with van der Waals surface area (Å²) in [4.78, 5) is 38.0. The number of hydrogen-bond donors (Lipinski definition) is 10. The van der Waals surface area contributed by atoms with Gasteiger partial charge in [-0.3, -0.25) is 0 Å². The van der Waals surface area contributed by atoms with E-state index in [0.717, 1.165) is 17.9 Å². The minimum Gasteiger partial charge on any atom is -0.502 e. The molecule has 1 aromatic carbocycles. The van der Waals surface area contributed by atoms with Crippen molar-refractivity contribution in [2.75, 3.05) is 34.0 Å². The third-order valence-electron chi connectivity index (χ3n) is 18.2. The van der Waals surface area contributed by atoms with Crippen molar-refractivity contribution >= 4 is 24.3 Å². The van der Waals surface area contributed by atoms with Crippen LogP contribution in [0.4, 0.5) is 0 Å². The molecule has 75 heavy (non-hydrogen) atoms. The number of cyclic esters (lactones) is 1. The van der Waals surface area contributed by atoms with Crippen LogP contribution in [0.3, 0.4) is 0 Å². The minimum absolute atomic E-state index is 0.0236. The molecule has 8 aliphatic rings. The zero-order valence-corrected chi connectivity index (χ0v) is 42.3. The second-order valence-corrected chi connectivity index (χ2v) is 22.0. The van der Waals surface area contributed by atoms with Crippen LogP contribution in [0.5, 0.6) is 17.2 Å². The van der Waals surface area contributed by atoms with Gasteiger partial charge in [0.25, 0.3) is 0 Å². The fourth-order valence-corrected chi connectivity index (χ4v) is 14.1. The Morgan fingerprint density at radius 3 is 2.11 bits per heavy atom. The number of rotatable bonds is 15. The van der Waals surface area contributed by atoms with E-state index in [2.05, 4.69) is 6.92 Å². The standard InChI is InChI=1S/C52H72O23/c1-24-45(31(55)18-38(70-24)71-27-7-12-50(23-54)29-8-11-49(2)28(26-17-37(57)68-21-26)10-14-52(49,65)30(29)9-13-51(50,64)19-27)74-48-44(63)42(61)46(34(20-53)72-48)75-47-43(62)41(60)40(59)35(73-47)22-69-36(56)6-5-25-15-32(66-3)39(58)33(16-25)67-4/h5-6,15-17,23-24,27-31,34-35,38,40-48,53,55,58-65H,7-14,18-22H2,1-4H3/t24-,27+,28-,29+,30+,31-,34+,35+,38+,40+,41+,42+,43+,44+,45+,46-,47-,48-,49-,50-,51-,52+/m1/s1. The third kappa shape index (κ3) is 9.92. The Labute approximate surface area is 432 Å². The van der Waals surface area contributed by atoms with E-state index in [1.54, 1.807) is 13.0 Å². The van der Waals surface area contributed by atoms with E-state index in [4.69, 9.17) is 47.4 Å². The molecular weight excluding hydrogens is 993 g/mol. The Kier molecular flexibility index (Phi) is 16.2. The molecule has 4 aliphatic heterocycles. The molecule has 4 saturated carbocycles. The molecule has 418 valence electrons. The van der Waals surface area contributed by atoms with Gasteiger partial charge in [-0.15, -0.1) is 0 Å². The van der Waals surface area contributed by atoms with Crippen LogP contribution in [0.2, 0.25) is 0 Å². The average molecular weight is 1070 g/mol. The fourth-order valence-electron chi connectivity index (χ4n) is 14.1. The molecule has 3 saturated heterocycles. The summed E-state index contributed by atoms with van der Waals surface area (Å²) in [6.45, 7) is 2.42. The van der Waals surface area contributed by atoms with Gasteiger partial charge in [-0.05, 0) is 105 Å². The van der Waals surface area contributed by atoms with Crippen LogP contribution >= 0.6 is 0 Å². The van der Waals surface area contributed by atoms with E-state index < -0.39 is 133 Å². The molecule has 0 bridgehead atoms. The van der Waals surface area contributed by atoms with Crippen molar-refractivity contribution < 1.29 is 113 Å². The number of phenolic OH excluding ortho intramolecular Hbond substituents is 1. The average Bonchev–Trinajstić information content (AvgIpc) is 3.94. The number of hydrogen-bond acceptors (Lipinski definition) is 23. The number of esters is 2. The second kappa shape index (κ2) is 21.7. The van der Waals surface area contributed by atoms with E-state index in [1.165, 1.54) is 32.4 Å². The van der Waals surface area contributed by atoms with E-state index in [1.807, 2.05) is 0 Å². The maximum Gasteiger partial charge on any atom is 0.331 e. The Morgan fingerprint density at radius 2 is 1.47 bits per heavy atom. The summed E-state index contributed by atoms with van der Waals surface area (Å²) in [5.74, 6) is -1.90. The van der Waals surface area contributed by atoms with Crippen molar-refractivity contribution in [1.82, 2.24) is 0 Å². The lowest BCUT2D eigenvalue weighted by molar-refractivity contribution is -0.373. The molecule has 23 heteroatoms. The fraction of sp³-hybridized carbons (Fsp3) is 0.750. The number of aldehydes is 1. The highest BCUT2D eigenvalue weighted by Gasteiger charge is 2.72. The molecule has 0 amide bonds. The number of aliphatic hydroxyl groups is 9. The van der Waals surface area contributed by atoms with Gasteiger partial charge in [-0.1, -0.05) is 6.92 Å². The molecule has 4 aliphatic carbocycles. The van der Waals surface area contributed by atoms with Crippen LogP contribution in [0.15, 0.2) is 29.9 Å². The van der Waals surface area contributed by atoms with E-state index in [-0.39, 0.29) is 66.8 Å². The highest BCUT2D eigenvalue weighted by Crippen LogP contribution is 2.70. The third-order valence-corrected chi connectivity index (χ3v) is 18.2. The lowest BCUT2D eigenvalue weighted by Crippen LogP contribution is -2.69. The molecule has 9 rings (SSSR count).